The highest BCUT2D eigenvalue weighted by Crippen LogP contribution is 2.23. The number of aromatic nitrogens is 2. The molecule has 2 heterocycles. The number of aliphatic carboxylic acids is 1. The molecule has 0 atom stereocenters. The highest BCUT2D eigenvalue weighted by Gasteiger charge is 2.10. The van der Waals surface area contributed by atoms with E-state index in [-0.39, 0.29) is 6.42 Å². The Morgan fingerprint density at radius 2 is 2.39 bits per heavy atom. The molecule has 2 rings (SSSR count). The molecular formula is C12H15N3O3. The lowest BCUT2D eigenvalue weighted by Gasteiger charge is -2.02. The normalized spacial score (nSPS) is 10.7. The third kappa shape index (κ3) is 2.98. The van der Waals surface area contributed by atoms with Gasteiger partial charge in [0.25, 0.3) is 0 Å². The van der Waals surface area contributed by atoms with Crippen molar-refractivity contribution < 1.29 is 14.3 Å². The molecule has 0 aliphatic rings. The van der Waals surface area contributed by atoms with Gasteiger partial charge in [0, 0.05) is 18.7 Å². The van der Waals surface area contributed by atoms with Gasteiger partial charge >= 0.3 is 5.97 Å². The summed E-state index contributed by atoms with van der Waals surface area (Å²) in [6, 6.07) is 3.77. The van der Waals surface area contributed by atoms with Gasteiger partial charge in [-0.15, -0.1) is 0 Å². The predicted molar refractivity (Wildman–Crippen MR) is 65.0 cm³/mol. The molecule has 6 nitrogen and oxygen atoms in total. The van der Waals surface area contributed by atoms with Crippen LogP contribution in [-0.2, 0) is 11.3 Å². The number of aryl methyl sites for hydroxylation is 1. The molecule has 0 amide bonds. The van der Waals surface area contributed by atoms with E-state index >= 15 is 0 Å². The molecule has 6 heteroatoms. The van der Waals surface area contributed by atoms with Crippen LogP contribution >= 0.6 is 0 Å². The molecule has 0 unspecified atom stereocenters. The second-order valence-corrected chi connectivity index (χ2v) is 4.00. The molecule has 2 aromatic heterocycles. The molecule has 0 aromatic carbocycles. The lowest BCUT2D eigenvalue weighted by atomic mass is 10.2. The van der Waals surface area contributed by atoms with Crippen LogP contribution in [0.25, 0.3) is 11.5 Å². The minimum absolute atomic E-state index is 0.104. The third-order valence-electron chi connectivity index (χ3n) is 2.54. The molecule has 0 saturated carbocycles. The molecule has 96 valence electrons. The summed E-state index contributed by atoms with van der Waals surface area (Å²) in [4.78, 5) is 10.4. The first-order chi connectivity index (χ1) is 8.66. The number of H-pyrrole nitrogens is 1. The second kappa shape index (κ2) is 5.50. The summed E-state index contributed by atoms with van der Waals surface area (Å²) in [6.45, 7) is 2.86. The van der Waals surface area contributed by atoms with E-state index in [1.165, 1.54) is 0 Å². The lowest BCUT2D eigenvalue weighted by molar-refractivity contribution is -0.136. The van der Waals surface area contributed by atoms with Crippen molar-refractivity contribution in [1.29, 1.82) is 0 Å². The minimum atomic E-state index is -0.809. The van der Waals surface area contributed by atoms with E-state index in [0.29, 0.717) is 13.1 Å². The Bertz CT molecular complexity index is 530. The first-order valence-electron chi connectivity index (χ1n) is 5.68. The van der Waals surface area contributed by atoms with Gasteiger partial charge in [-0.25, -0.2) is 0 Å². The zero-order valence-corrected chi connectivity index (χ0v) is 10.1. The monoisotopic (exact) mass is 249 g/mol. The van der Waals surface area contributed by atoms with Gasteiger partial charge in [0.2, 0.25) is 0 Å². The van der Waals surface area contributed by atoms with Crippen LogP contribution in [0, 0.1) is 6.92 Å². The number of furan rings is 1. The number of aromatic amines is 1. The van der Waals surface area contributed by atoms with Crippen molar-refractivity contribution in [2.75, 3.05) is 6.54 Å². The number of carbonyl (C=O) groups is 1. The van der Waals surface area contributed by atoms with Crippen LogP contribution in [0.4, 0.5) is 0 Å². The summed E-state index contributed by atoms with van der Waals surface area (Å²) >= 11 is 0. The molecular weight excluding hydrogens is 234 g/mol. The summed E-state index contributed by atoms with van der Waals surface area (Å²) in [5.41, 5.74) is 1.78. The van der Waals surface area contributed by atoms with Crippen molar-refractivity contribution >= 4 is 5.97 Å². The largest absolute Gasteiger partial charge is 0.481 e. The standard InChI is InChI=1S/C12H15N3O3/c1-8-2-3-10(18-8)12-9(7-14-15-12)6-13-5-4-11(16)17/h2-3,7,13H,4-6H2,1H3,(H,14,15)(H,16,17). The van der Waals surface area contributed by atoms with Crippen LogP contribution in [-0.4, -0.2) is 27.8 Å². The van der Waals surface area contributed by atoms with Gasteiger partial charge in [-0.1, -0.05) is 0 Å². The zero-order chi connectivity index (χ0) is 13.0. The molecule has 0 radical (unpaired) electrons. The molecule has 0 fully saturated rings. The topological polar surface area (TPSA) is 91.2 Å². The van der Waals surface area contributed by atoms with Crippen LogP contribution in [0.5, 0.6) is 0 Å². The number of carboxylic acid groups (broad SMARTS) is 1. The summed E-state index contributed by atoms with van der Waals surface area (Å²) in [6.07, 6.45) is 1.81. The van der Waals surface area contributed by atoms with Crippen molar-refractivity contribution in [3.8, 4) is 11.5 Å². The molecule has 0 saturated heterocycles. The highest BCUT2D eigenvalue weighted by molar-refractivity contribution is 5.66. The number of rotatable bonds is 6. The van der Waals surface area contributed by atoms with E-state index in [1.54, 1.807) is 6.20 Å². The molecule has 0 aliphatic heterocycles. The van der Waals surface area contributed by atoms with Crippen molar-refractivity contribution in [1.82, 2.24) is 15.5 Å². The van der Waals surface area contributed by atoms with Gasteiger partial charge in [0.15, 0.2) is 5.76 Å². The smallest absolute Gasteiger partial charge is 0.304 e. The molecule has 0 spiro atoms. The fraction of sp³-hybridized carbons (Fsp3) is 0.333. The van der Waals surface area contributed by atoms with E-state index in [1.807, 2.05) is 19.1 Å². The fourth-order valence-corrected chi connectivity index (χ4v) is 1.65. The maximum absolute atomic E-state index is 10.4. The third-order valence-corrected chi connectivity index (χ3v) is 2.54. The van der Waals surface area contributed by atoms with Gasteiger partial charge in [0.1, 0.15) is 11.5 Å². The summed E-state index contributed by atoms with van der Waals surface area (Å²) in [5.74, 6) is 0.765. The Hall–Kier alpha value is -2.08. The van der Waals surface area contributed by atoms with Crippen LogP contribution in [0.1, 0.15) is 17.7 Å². The van der Waals surface area contributed by atoms with Crippen LogP contribution in [0.3, 0.4) is 0 Å². The van der Waals surface area contributed by atoms with E-state index in [2.05, 4.69) is 15.5 Å². The SMILES string of the molecule is Cc1ccc(-c2[nH]ncc2CNCCC(=O)O)o1. The van der Waals surface area contributed by atoms with E-state index in [4.69, 9.17) is 9.52 Å². The Morgan fingerprint density at radius 3 is 3.06 bits per heavy atom. The van der Waals surface area contributed by atoms with Gasteiger partial charge in [-0.05, 0) is 19.1 Å². The predicted octanol–water partition coefficient (Wildman–Crippen LogP) is 1.54. The number of carboxylic acids is 1. The van der Waals surface area contributed by atoms with Gasteiger partial charge < -0.3 is 14.8 Å². The molecule has 2 aromatic rings. The molecule has 0 aliphatic carbocycles. The van der Waals surface area contributed by atoms with Crippen molar-refractivity contribution in [3.05, 3.63) is 29.7 Å². The number of nitrogens with zero attached hydrogens (tertiary/aromatic N) is 1. The summed E-state index contributed by atoms with van der Waals surface area (Å²) in [5, 5.41) is 18.5. The average molecular weight is 249 g/mol. The van der Waals surface area contributed by atoms with Crippen molar-refractivity contribution in [2.24, 2.45) is 0 Å². The maximum atomic E-state index is 10.4. The van der Waals surface area contributed by atoms with Gasteiger partial charge in [0.05, 0.1) is 12.6 Å². The number of nitrogens with one attached hydrogen (secondary N) is 2. The van der Waals surface area contributed by atoms with Gasteiger partial charge in [-0.3, -0.25) is 9.89 Å². The molecule has 0 bridgehead atoms. The van der Waals surface area contributed by atoms with Crippen LogP contribution in [0.15, 0.2) is 22.7 Å². The van der Waals surface area contributed by atoms with E-state index < -0.39 is 5.97 Å². The first-order valence-corrected chi connectivity index (χ1v) is 5.68. The Morgan fingerprint density at radius 1 is 1.56 bits per heavy atom. The maximum Gasteiger partial charge on any atom is 0.304 e. The van der Waals surface area contributed by atoms with Crippen molar-refractivity contribution in [3.63, 3.8) is 0 Å². The average Bonchev–Trinajstić information content (AvgIpc) is 2.92. The highest BCUT2D eigenvalue weighted by atomic mass is 16.4. The molecule has 18 heavy (non-hydrogen) atoms. The Balaban J connectivity index is 1.98. The fourth-order valence-electron chi connectivity index (χ4n) is 1.65. The van der Waals surface area contributed by atoms with Crippen molar-refractivity contribution in [2.45, 2.75) is 19.9 Å². The number of hydrogen-bond acceptors (Lipinski definition) is 4. The van der Waals surface area contributed by atoms with E-state index in [0.717, 1.165) is 22.8 Å². The summed E-state index contributed by atoms with van der Waals surface area (Å²) in [7, 11) is 0. The van der Waals surface area contributed by atoms with Gasteiger partial charge in [-0.2, -0.15) is 5.10 Å². The summed E-state index contributed by atoms with van der Waals surface area (Å²) < 4.78 is 5.52. The van der Waals surface area contributed by atoms with Crippen LogP contribution in [0.2, 0.25) is 0 Å². The second-order valence-electron chi connectivity index (χ2n) is 4.00. The number of hydrogen-bond donors (Lipinski definition) is 3. The molecule has 3 N–H and O–H groups in total. The Labute approximate surface area is 104 Å². The lowest BCUT2D eigenvalue weighted by Crippen LogP contribution is -2.17. The first kappa shape index (κ1) is 12.4. The van der Waals surface area contributed by atoms with E-state index in [9.17, 15) is 4.79 Å². The zero-order valence-electron chi connectivity index (χ0n) is 10.1. The quantitative estimate of drug-likeness (QED) is 0.675. The Kier molecular flexibility index (Phi) is 3.78. The van der Waals surface area contributed by atoms with Crippen LogP contribution < -0.4 is 5.32 Å². The minimum Gasteiger partial charge on any atom is -0.481 e.